The van der Waals surface area contributed by atoms with Crippen molar-refractivity contribution in [2.75, 3.05) is 32.1 Å². The fourth-order valence-corrected chi connectivity index (χ4v) is 5.20. The van der Waals surface area contributed by atoms with Gasteiger partial charge in [-0.25, -0.2) is 0 Å². The summed E-state index contributed by atoms with van der Waals surface area (Å²) >= 11 is 6.51. The molecule has 0 bridgehead atoms. The monoisotopic (exact) mass is 457 g/mol. The first-order valence-corrected chi connectivity index (χ1v) is 10.7. The molecule has 4 rings (SSSR count). The number of nitrogens with zero attached hydrogens (tertiary/aromatic N) is 2. The number of likely N-dealkylation sites (N-methyl/N-ethyl adjacent to an activating group) is 1. The van der Waals surface area contributed by atoms with E-state index in [1.54, 1.807) is 54.4 Å². The Morgan fingerprint density at radius 1 is 1.38 bits per heavy atom. The molecular weight excluding hydrogens is 434 g/mol. The van der Waals surface area contributed by atoms with Gasteiger partial charge in [0.15, 0.2) is 17.0 Å². The SMILES string of the molecule is C=CCOc1c(Cl)cc([C@@H]2CN(C)[C@@]3(C(=O)Nc4ccccc43)[C@@H]2[N+](=O)[O-])cc1OCC. The highest BCUT2D eigenvalue weighted by molar-refractivity contribution is 6.32. The zero-order chi connectivity index (χ0) is 23.0. The summed E-state index contributed by atoms with van der Waals surface area (Å²) < 4.78 is 11.4. The van der Waals surface area contributed by atoms with E-state index in [-0.39, 0.29) is 16.6 Å². The highest BCUT2D eigenvalue weighted by Crippen LogP contribution is 2.53. The van der Waals surface area contributed by atoms with E-state index in [0.29, 0.717) is 41.5 Å². The van der Waals surface area contributed by atoms with Crippen LogP contribution in [0, 0.1) is 10.1 Å². The lowest BCUT2D eigenvalue weighted by atomic mass is 9.79. The van der Waals surface area contributed by atoms with Crippen LogP contribution in [0.2, 0.25) is 5.02 Å². The number of hydrogen-bond donors (Lipinski definition) is 1. The maximum atomic E-state index is 13.2. The summed E-state index contributed by atoms with van der Waals surface area (Å²) in [6.45, 7) is 6.37. The second-order valence-electron chi connectivity index (χ2n) is 7.85. The maximum Gasteiger partial charge on any atom is 0.256 e. The number of hydrogen-bond acceptors (Lipinski definition) is 6. The van der Waals surface area contributed by atoms with Crippen molar-refractivity contribution < 1.29 is 19.2 Å². The topological polar surface area (TPSA) is 93.9 Å². The molecule has 3 atom stereocenters. The number of amides is 1. The zero-order valence-electron chi connectivity index (χ0n) is 17.8. The van der Waals surface area contributed by atoms with Crippen LogP contribution in [0.4, 0.5) is 5.69 Å². The maximum absolute atomic E-state index is 13.2. The summed E-state index contributed by atoms with van der Waals surface area (Å²) in [5, 5.41) is 15.6. The molecule has 1 saturated heterocycles. The molecule has 2 aliphatic heterocycles. The van der Waals surface area contributed by atoms with Crippen molar-refractivity contribution in [1.29, 1.82) is 0 Å². The predicted octanol–water partition coefficient (Wildman–Crippen LogP) is 3.83. The number of ether oxygens (including phenoxy) is 2. The number of carbonyl (C=O) groups excluding carboxylic acids is 1. The van der Waals surface area contributed by atoms with Crippen molar-refractivity contribution in [3.8, 4) is 11.5 Å². The van der Waals surface area contributed by atoms with Crippen LogP contribution in [0.5, 0.6) is 11.5 Å². The first-order chi connectivity index (χ1) is 15.4. The summed E-state index contributed by atoms with van der Waals surface area (Å²) in [6.07, 6.45) is 1.59. The average molecular weight is 458 g/mol. The van der Waals surface area contributed by atoms with Gasteiger partial charge in [0, 0.05) is 22.7 Å². The van der Waals surface area contributed by atoms with Crippen molar-refractivity contribution in [2.45, 2.75) is 24.4 Å². The molecule has 168 valence electrons. The molecule has 1 spiro atoms. The van der Waals surface area contributed by atoms with Gasteiger partial charge in [-0.2, -0.15) is 0 Å². The van der Waals surface area contributed by atoms with E-state index in [1.807, 2.05) is 6.92 Å². The van der Waals surface area contributed by atoms with Gasteiger partial charge in [-0.15, -0.1) is 0 Å². The van der Waals surface area contributed by atoms with Crippen LogP contribution in [0.25, 0.3) is 0 Å². The molecule has 2 aromatic rings. The van der Waals surface area contributed by atoms with Gasteiger partial charge in [0.2, 0.25) is 0 Å². The fraction of sp³-hybridized carbons (Fsp3) is 0.348. The Hall–Kier alpha value is -3.10. The van der Waals surface area contributed by atoms with Gasteiger partial charge in [0.05, 0.1) is 17.5 Å². The van der Waals surface area contributed by atoms with Gasteiger partial charge < -0.3 is 14.8 Å². The van der Waals surface area contributed by atoms with E-state index >= 15 is 0 Å². The second kappa shape index (κ2) is 8.44. The number of halogens is 1. The quantitative estimate of drug-likeness (QED) is 0.386. The summed E-state index contributed by atoms with van der Waals surface area (Å²) in [5.41, 5.74) is 0.407. The van der Waals surface area contributed by atoms with E-state index in [0.717, 1.165) is 0 Å². The van der Waals surface area contributed by atoms with Crippen molar-refractivity contribution in [3.63, 3.8) is 0 Å². The van der Waals surface area contributed by atoms with Crippen LogP contribution in [0.3, 0.4) is 0 Å². The van der Waals surface area contributed by atoms with Gasteiger partial charge >= 0.3 is 0 Å². The van der Waals surface area contributed by atoms with Crippen LogP contribution in [0.15, 0.2) is 49.1 Å². The lowest BCUT2D eigenvalue weighted by Gasteiger charge is -2.30. The Kier molecular flexibility index (Phi) is 5.83. The van der Waals surface area contributed by atoms with E-state index in [2.05, 4.69) is 11.9 Å². The van der Waals surface area contributed by atoms with Crippen LogP contribution in [-0.4, -0.2) is 48.6 Å². The molecule has 9 heteroatoms. The smallest absolute Gasteiger partial charge is 0.256 e. The number of nitrogens with one attached hydrogen (secondary N) is 1. The third kappa shape index (κ3) is 3.22. The molecule has 0 aromatic heterocycles. The summed E-state index contributed by atoms with van der Waals surface area (Å²) in [5.74, 6) is -0.233. The fourth-order valence-electron chi connectivity index (χ4n) is 4.93. The minimum Gasteiger partial charge on any atom is -0.490 e. The number of nitro groups is 1. The Morgan fingerprint density at radius 3 is 2.81 bits per heavy atom. The van der Waals surface area contributed by atoms with Gasteiger partial charge in [-0.1, -0.05) is 42.5 Å². The zero-order valence-corrected chi connectivity index (χ0v) is 18.6. The van der Waals surface area contributed by atoms with Gasteiger partial charge in [0.1, 0.15) is 6.61 Å². The number of anilines is 1. The molecule has 1 N–H and O–H groups in total. The lowest BCUT2D eigenvalue weighted by Crippen LogP contribution is -2.54. The van der Waals surface area contributed by atoms with Gasteiger partial charge in [-0.3, -0.25) is 19.8 Å². The molecule has 0 aliphatic carbocycles. The molecule has 2 aliphatic rings. The van der Waals surface area contributed by atoms with E-state index < -0.39 is 23.4 Å². The summed E-state index contributed by atoms with van der Waals surface area (Å²) in [7, 11) is 1.74. The Labute approximate surface area is 190 Å². The molecule has 2 heterocycles. The minimum atomic E-state index is -1.42. The number of benzene rings is 2. The Balaban J connectivity index is 1.84. The van der Waals surface area contributed by atoms with E-state index in [1.165, 1.54) is 0 Å². The van der Waals surface area contributed by atoms with E-state index in [4.69, 9.17) is 21.1 Å². The number of fused-ring (bicyclic) bond motifs is 2. The van der Waals surface area contributed by atoms with Crippen LogP contribution >= 0.6 is 11.6 Å². The first kappa shape index (κ1) is 22.1. The normalized spacial score (nSPS) is 24.3. The van der Waals surface area contributed by atoms with Crippen molar-refractivity contribution in [1.82, 2.24) is 4.90 Å². The van der Waals surface area contributed by atoms with Crippen LogP contribution in [0.1, 0.15) is 24.0 Å². The molecule has 2 aromatic carbocycles. The Morgan fingerprint density at radius 2 is 2.12 bits per heavy atom. The first-order valence-electron chi connectivity index (χ1n) is 10.3. The minimum absolute atomic E-state index is 0.239. The molecule has 0 radical (unpaired) electrons. The molecule has 0 unspecified atom stereocenters. The predicted molar refractivity (Wildman–Crippen MR) is 121 cm³/mol. The van der Waals surface area contributed by atoms with Crippen LogP contribution < -0.4 is 14.8 Å². The number of likely N-dealkylation sites (tertiary alicyclic amines) is 1. The number of carbonyl (C=O) groups is 1. The lowest BCUT2D eigenvalue weighted by molar-refractivity contribution is -0.534. The van der Waals surface area contributed by atoms with E-state index in [9.17, 15) is 14.9 Å². The highest BCUT2D eigenvalue weighted by atomic mass is 35.5. The molecular formula is C23H24ClN3O5. The highest BCUT2D eigenvalue weighted by Gasteiger charge is 2.68. The molecule has 1 amide bonds. The van der Waals surface area contributed by atoms with Crippen LogP contribution in [-0.2, 0) is 10.3 Å². The standard InChI is InChI=1S/C23H24ClN3O5/c1-4-10-32-20-17(24)11-14(12-19(20)31-5-2)15-13-26(3)23(21(15)27(29)30)16-8-6-7-9-18(16)25-22(23)28/h4,6-9,11-12,15,21H,1,5,10,13H2,2-3H3,(H,25,28)/t15-,21+,23+/m0/s1. The number of para-hydroxylation sites is 1. The van der Waals surface area contributed by atoms with Crippen molar-refractivity contribution in [3.05, 3.63) is 75.3 Å². The molecule has 1 fully saturated rings. The second-order valence-corrected chi connectivity index (χ2v) is 8.25. The molecule has 8 nitrogen and oxygen atoms in total. The molecule has 32 heavy (non-hydrogen) atoms. The third-order valence-electron chi connectivity index (χ3n) is 6.15. The summed E-state index contributed by atoms with van der Waals surface area (Å²) in [4.78, 5) is 27.1. The number of rotatable bonds is 7. The van der Waals surface area contributed by atoms with Gasteiger partial charge in [0.25, 0.3) is 11.9 Å². The Bertz CT molecular complexity index is 1090. The van der Waals surface area contributed by atoms with Gasteiger partial charge in [-0.05, 0) is 37.7 Å². The summed E-state index contributed by atoms with van der Waals surface area (Å²) in [6, 6.07) is 9.28. The average Bonchev–Trinajstić information content (AvgIpc) is 3.23. The van der Waals surface area contributed by atoms with Crippen molar-refractivity contribution in [2.24, 2.45) is 0 Å². The molecule has 0 saturated carbocycles. The van der Waals surface area contributed by atoms with Crippen molar-refractivity contribution >= 4 is 23.2 Å². The largest absolute Gasteiger partial charge is 0.490 e. The third-order valence-corrected chi connectivity index (χ3v) is 6.43.